The number of fused-ring (bicyclic) bond motifs is 1. The molecule has 1 atom stereocenters. The second kappa shape index (κ2) is 6.67. The molecule has 3 N–H and O–H groups in total. The van der Waals surface area contributed by atoms with Gasteiger partial charge in [-0.05, 0) is 18.9 Å². The van der Waals surface area contributed by atoms with E-state index < -0.39 is 24.5 Å². The Morgan fingerprint density at radius 3 is 2.86 bits per heavy atom. The van der Waals surface area contributed by atoms with Crippen molar-refractivity contribution in [2.24, 2.45) is 0 Å². The molecule has 28 heavy (non-hydrogen) atoms. The lowest BCUT2D eigenvalue weighted by Crippen LogP contribution is -2.53. The van der Waals surface area contributed by atoms with Crippen molar-refractivity contribution in [3.8, 4) is 11.4 Å². The molecule has 0 radical (unpaired) electrons. The fourth-order valence-corrected chi connectivity index (χ4v) is 3.26. The number of anilines is 1. The summed E-state index contributed by atoms with van der Waals surface area (Å²) < 4.78 is 37.4. The largest absolute Gasteiger partial charge is 0.401 e. The number of hydrogen-bond acceptors (Lipinski definition) is 7. The molecule has 4 rings (SSSR count). The van der Waals surface area contributed by atoms with Crippen molar-refractivity contribution in [1.29, 1.82) is 0 Å². The van der Waals surface area contributed by atoms with Crippen molar-refractivity contribution in [2.75, 3.05) is 18.5 Å². The Hall–Kier alpha value is -2.79. The summed E-state index contributed by atoms with van der Waals surface area (Å²) in [6.45, 7) is -1.26. The molecule has 3 aromatic heterocycles. The van der Waals surface area contributed by atoms with Gasteiger partial charge in [-0.25, -0.2) is 19.9 Å². The van der Waals surface area contributed by atoms with Crippen LogP contribution < -0.4 is 10.2 Å². The number of aliphatic hydroxyl groups excluding tert-OH is 1. The Kier molecular flexibility index (Phi) is 4.42. The first-order chi connectivity index (χ1) is 13.3. The second-order valence-electron chi connectivity index (χ2n) is 6.79. The summed E-state index contributed by atoms with van der Waals surface area (Å²) in [5.74, 6) is 0.931. The molecule has 0 saturated heterocycles. The fourth-order valence-electron chi connectivity index (χ4n) is 3.26. The highest BCUT2D eigenvalue weighted by molar-refractivity contribution is 5.90. The van der Waals surface area contributed by atoms with Crippen molar-refractivity contribution < 1.29 is 18.3 Å². The van der Waals surface area contributed by atoms with Crippen molar-refractivity contribution >= 4 is 16.9 Å². The molecule has 0 bridgehead atoms. The maximum absolute atomic E-state index is 12.5. The van der Waals surface area contributed by atoms with Crippen LogP contribution in [0.5, 0.6) is 0 Å². The van der Waals surface area contributed by atoms with Gasteiger partial charge in [-0.2, -0.15) is 13.2 Å². The summed E-state index contributed by atoms with van der Waals surface area (Å²) >= 11 is 0. The molecule has 3 heterocycles. The first-order valence-electron chi connectivity index (χ1n) is 8.63. The van der Waals surface area contributed by atoms with Crippen LogP contribution in [0.15, 0.2) is 31.0 Å². The third-order valence-corrected chi connectivity index (χ3v) is 5.02. The molecule has 1 fully saturated rings. The van der Waals surface area contributed by atoms with Crippen molar-refractivity contribution in [3.63, 3.8) is 0 Å². The molecule has 0 spiro atoms. The van der Waals surface area contributed by atoms with E-state index in [2.05, 4.69) is 30.2 Å². The Labute approximate surface area is 157 Å². The Bertz CT molecular complexity index is 986. The van der Waals surface area contributed by atoms with E-state index in [0.717, 1.165) is 5.39 Å². The number of nitrogens with one attached hydrogen (secondary N) is 2. The molecule has 0 aliphatic heterocycles. The van der Waals surface area contributed by atoms with E-state index in [1.807, 2.05) is 0 Å². The molecule has 8 nitrogen and oxygen atoms in total. The van der Waals surface area contributed by atoms with Gasteiger partial charge in [0, 0.05) is 36.6 Å². The van der Waals surface area contributed by atoms with Crippen LogP contribution in [0.2, 0.25) is 0 Å². The molecule has 0 aromatic carbocycles. The minimum atomic E-state index is -4.39. The van der Waals surface area contributed by atoms with Gasteiger partial charge < -0.3 is 15.0 Å². The van der Waals surface area contributed by atoms with Gasteiger partial charge in [0.2, 0.25) is 0 Å². The maximum Gasteiger partial charge on any atom is 0.401 e. The van der Waals surface area contributed by atoms with E-state index in [1.54, 1.807) is 36.6 Å². The number of nitrogens with zero attached hydrogens (tertiary/aromatic N) is 5. The van der Waals surface area contributed by atoms with Gasteiger partial charge in [0.15, 0.2) is 5.82 Å². The average Bonchev–Trinajstić information content (AvgIpc) is 3.38. The average molecular weight is 393 g/mol. The highest BCUT2D eigenvalue weighted by Crippen LogP contribution is 2.45. The predicted octanol–water partition coefficient (Wildman–Crippen LogP) is 1.85. The molecule has 11 heteroatoms. The number of hydrogen-bond donors (Lipinski definition) is 3. The summed E-state index contributed by atoms with van der Waals surface area (Å²) in [5, 5.41) is 13.2. The predicted molar refractivity (Wildman–Crippen MR) is 95.3 cm³/mol. The smallest absolute Gasteiger partial charge is 0.376 e. The summed E-state index contributed by atoms with van der Waals surface area (Å²) in [4.78, 5) is 21.7. The molecule has 3 aromatic rings. The summed E-state index contributed by atoms with van der Waals surface area (Å²) in [6, 6.07) is 1.66. The molecule has 1 aliphatic rings. The van der Waals surface area contributed by atoms with E-state index in [4.69, 9.17) is 0 Å². The number of rotatable bonds is 6. The monoisotopic (exact) mass is 393 g/mol. The van der Waals surface area contributed by atoms with Crippen LogP contribution in [0.3, 0.4) is 0 Å². The SMILES string of the molecule is CN(c1ccnc(-c2c[nH]c3ncncc23)n1)C1(C(O)NCC(F)(F)F)CC1. The molecular weight excluding hydrogens is 375 g/mol. The normalized spacial score (nSPS) is 16.9. The number of H-pyrrole nitrogens is 1. The summed E-state index contributed by atoms with van der Waals surface area (Å²) in [5.41, 5.74) is 0.532. The van der Waals surface area contributed by atoms with Crippen LogP contribution >= 0.6 is 0 Å². The lowest BCUT2D eigenvalue weighted by molar-refractivity contribution is -0.132. The molecule has 1 saturated carbocycles. The van der Waals surface area contributed by atoms with Gasteiger partial charge in [0.05, 0.1) is 12.1 Å². The molecule has 148 valence electrons. The molecule has 0 amide bonds. The van der Waals surface area contributed by atoms with Crippen molar-refractivity contribution in [3.05, 3.63) is 31.0 Å². The van der Waals surface area contributed by atoms with Crippen molar-refractivity contribution in [1.82, 2.24) is 30.2 Å². The van der Waals surface area contributed by atoms with Gasteiger partial charge in [-0.15, -0.1) is 0 Å². The quantitative estimate of drug-likeness (QED) is 0.549. The zero-order valence-corrected chi connectivity index (χ0v) is 14.9. The minimum absolute atomic E-state index is 0.430. The van der Waals surface area contributed by atoms with Crippen LogP contribution in [-0.2, 0) is 0 Å². The van der Waals surface area contributed by atoms with Gasteiger partial charge >= 0.3 is 6.18 Å². The van der Waals surface area contributed by atoms with Crippen LogP contribution in [0.1, 0.15) is 12.8 Å². The summed E-state index contributed by atoms with van der Waals surface area (Å²) in [6.07, 6.45) is 1.76. The second-order valence-corrected chi connectivity index (χ2v) is 6.79. The zero-order chi connectivity index (χ0) is 19.9. The maximum atomic E-state index is 12.5. The first-order valence-corrected chi connectivity index (χ1v) is 8.63. The lowest BCUT2D eigenvalue weighted by atomic mass is 10.2. The highest BCUT2D eigenvalue weighted by Gasteiger charge is 2.53. The van der Waals surface area contributed by atoms with E-state index in [-0.39, 0.29) is 0 Å². The molecule has 1 aliphatic carbocycles. The van der Waals surface area contributed by atoms with Gasteiger partial charge in [0.1, 0.15) is 24.0 Å². The number of halogens is 3. The zero-order valence-electron chi connectivity index (χ0n) is 14.9. The Morgan fingerprint density at radius 1 is 1.36 bits per heavy atom. The van der Waals surface area contributed by atoms with Gasteiger partial charge in [0.25, 0.3) is 0 Å². The van der Waals surface area contributed by atoms with E-state index in [9.17, 15) is 18.3 Å². The Balaban J connectivity index is 1.59. The molecule has 1 unspecified atom stereocenters. The number of aromatic amines is 1. The highest BCUT2D eigenvalue weighted by atomic mass is 19.4. The number of aliphatic hydroxyl groups is 1. The van der Waals surface area contributed by atoms with E-state index >= 15 is 0 Å². The number of likely N-dealkylation sites (N-methyl/N-ethyl adjacent to an activating group) is 1. The van der Waals surface area contributed by atoms with E-state index in [1.165, 1.54) is 6.33 Å². The topological polar surface area (TPSA) is 103 Å². The lowest BCUT2D eigenvalue weighted by Gasteiger charge is -2.33. The van der Waals surface area contributed by atoms with Gasteiger partial charge in [-0.3, -0.25) is 5.32 Å². The number of aromatic nitrogens is 5. The Morgan fingerprint density at radius 2 is 2.14 bits per heavy atom. The third-order valence-electron chi connectivity index (χ3n) is 5.02. The fraction of sp³-hybridized carbons (Fsp3) is 0.412. The standard InChI is InChI=1S/C17H18F3N7O/c1-27(16(3-4-16)15(28)24-8-17(18,19)20)12-2-5-22-14(26-12)11-7-23-13-10(11)6-21-9-25-13/h2,5-7,9,15,24,28H,3-4,8H2,1H3,(H,21,23,25). The molecular formula is C17H18F3N7O. The van der Waals surface area contributed by atoms with Crippen molar-refractivity contribution in [2.45, 2.75) is 30.8 Å². The van der Waals surface area contributed by atoms with Crippen LogP contribution in [0, 0.1) is 0 Å². The van der Waals surface area contributed by atoms with Crippen LogP contribution in [0.4, 0.5) is 19.0 Å². The van der Waals surface area contributed by atoms with Gasteiger partial charge in [-0.1, -0.05) is 0 Å². The summed E-state index contributed by atoms with van der Waals surface area (Å²) in [7, 11) is 1.70. The third kappa shape index (κ3) is 3.38. The number of alkyl halides is 3. The minimum Gasteiger partial charge on any atom is -0.376 e. The van der Waals surface area contributed by atoms with Crippen LogP contribution in [-0.4, -0.2) is 61.6 Å². The van der Waals surface area contributed by atoms with E-state index in [0.29, 0.717) is 35.7 Å². The first kappa shape index (κ1) is 18.6. The van der Waals surface area contributed by atoms with Crippen LogP contribution in [0.25, 0.3) is 22.4 Å².